The molecule has 0 aliphatic heterocycles. The highest BCUT2D eigenvalue weighted by Gasteiger charge is 2.22. The highest BCUT2D eigenvalue weighted by Crippen LogP contribution is 2.35. The summed E-state index contributed by atoms with van der Waals surface area (Å²) in [6, 6.07) is 13.0. The zero-order chi connectivity index (χ0) is 18.8. The van der Waals surface area contributed by atoms with Crippen LogP contribution in [-0.4, -0.2) is 23.4 Å². The number of hydrogen-bond donors (Lipinski definition) is 2. The lowest BCUT2D eigenvalue weighted by Gasteiger charge is -2.24. The Morgan fingerprint density at radius 3 is 1.36 bits per heavy atom. The molecule has 0 heterocycles. The lowest BCUT2D eigenvalue weighted by atomic mass is 9.85. The van der Waals surface area contributed by atoms with Gasteiger partial charge >= 0.3 is 0 Å². The van der Waals surface area contributed by atoms with Gasteiger partial charge in [-0.25, -0.2) is 0 Å². The fourth-order valence-electron chi connectivity index (χ4n) is 2.71. The minimum Gasteiger partial charge on any atom is -0.395 e. The van der Waals surface area contributed by atoms with Crippen LogP contribution in [0.1, 0.15) is 49.9 Å². The first kappa shape index (κ1) is 20.0. The Morgan fingerprint density at radius 1 is 0.680 bits per heavy atom. The van der Waals surface area contributed by atoms with E-state index in [1.165, 1.54) is 20.9 Å². The molecule has 2 nitrogen and oxygen atoms in total. The average Bonchev–Trinajstić information content (AvgIpc) is 2.53. The van der Waals surface area contributed by atoms with Gasteiger partial charge in [0.2, 0.25) is 0 Å². The van der Waals surface area contributed by atoms with E-state index >= 15 is 0 Å². The van der Waals surface area contributed by atoms with Crippen LogP contribution in [0.4, 0.5) is 0 Å². The molecule has 0 radical (unpaired) electrons. The summed E-state index contributed by atoms with van der Waals surface area (Å²) in [5, 5.41) is 19.4. The fraction of sp³-hybridized carbons (Fsp3) is 0.455. The van der Waals surface area contributed by atoms with Gasteiger partial charge in [-0.1, -0.05) is 51.6 Å². The van der Waals surface area contributed by atoms with Crippen molar-refractivity contribution in [1.82, 2.24) is 0 Å². The summed E-state index contributed by atoms with van der Waals surface area (Å²) in [6.45, 7) is 12.7. The van der Waals surface area contributed by atoms with E-state index in [9.17, 15) is 10.2 Å². The van der Waals surface area contributed by atoms with Crippen LogP contribution in [0.5, 0.6) is 0 Å². The number of rotatable bonds is 6. The molecule has 2 rings (SSSR count). The van der Waals surface area contributed by atoms with Crippen molar-refractivity contribution in [2.75, 3.05) is 13.2 Å². The van der Waals surface area contributed by atoms with Gasteiger partial charge in [0.1, 0.15) is 0 Å². The molecule has 0 amide bonds. The van der Waals surface area contributed by atoms with Gasteiger partial charge in [0.05, 0.1) is 13.2 Å². The van der Waals surface area contributed by atoms with Crippen molar-refractivity contribution in [3.05, 3.63) is 58.7 Å². The van der Waals surface area contributed by atoms with Crippen molar-refractivity contribution in [2.24, 2.45) is 0 Å². The second kappa shape index (κ2) is 7.53. The quantitative estimate of drug-likeness (QED) is 0.764. The van der Waals surface area contributed by atoms with Crippen molar-refractivity contribution in [3.8, 4) is 0 Å². The molecule has 0 bridgehead atoms. The van der Waals surface area contributed by atoms with E-state index in [0.717, 1.165) is 11.1 Å². The summed E-state index contributed by atoms with van der Waals surface area (Å²) in [5.74, 6) is 0. The van der Waals surface area contributed by atoms with Crippen LogP contribution in [-0.2, 0) is 10.8 Å². The Balaban J connectivity index is 2.40. The molecule has 3 heteroatoms. The second-order valence-corrected chi connectivity index (χ2v) is 9.40. The minimum absolute atomic E-state index is 0.125. The Labute approximate surface area is 156 Å². The Kier molecular flexibility index (Phi) is 6.03. The molecule has 136 valence electrons. The standard InChI is InChI=1S/C22H30O2S/c1-15-7-17(21(3,4)13-23)11-19(9-15)25-20-10-16(2)8-18(12-20)22(5,6)14-24/h7-12,23-24H,13-14H2,1-6H3. The second-order valence-electron chi connectivity index (χ2n) is 8.26. The summed E-state index contributed by atoms with van der Waals surface area (Å²) in [6.07, 6.45) is 0. The van der Waals surface area contributed by atoms with E-state index in [2.05, 4.69) is 77.9 Å². The van der Waals surface area contributed by atoms with Gasteiger partial charge in [-0.15, -0.1) is 0 Å². The van der Waals surface area contributed by atoms with Crippen molar-refractivity contribution < 1.29 is 10.2 Å². The molecule has 0 aliphatic carbocycles. The van der Waals surface area contributed by atoms with Crippen molar-refractivity contribution in [2.45, 2.75) is 62.2 Å². The number of benzene rings is 2. The molecule has 0 aromatic heterocycles. The van der Waals surface area contributed by atoms with Gasteiger partial charge in [0.25, 0.3) is 0 Å². The highest BCUT2D eigenvalue weighted by molar-refractivity contribution is 7.99. The van der Waals surface area contributed by atoms with E-state index in [-0.39, 0.29) is 24.0 Å². The predicted octanol–water partition coefficient (Wildman–Crippen LogP) is 4.99. The number of aliphatic hydroxyl groups excluding tert-OH is 2. The summed E-state index contributed by atoms with van der Waals surface area (Å²) >= 11 is 1.73. The van der Waals surface area contributed by atoms with Gasteiger partial charge < -0.3 is 10.2 Å². The van der Waals surface area contributed by atoms with Gasteiger partial charge in [-0.05, 0) is 60.4 Å². The third kappa shape index (κ3) is 4.87. The van der Waals surface area contributed by atoms with Crippen molar-refractivity contribution >= 4 is 11.8 Å². The third-order valence-electron chi connectivity index (χ3n) is 4.69. The van der Waals surface area contributed by atoms with Crippen molar-refractivity contribution in [3.63, 3.8) is 0 Å². The molecule has 0 atom stereocenters. The number of aliphatic hydroxyl groups is 2. The molecule has 2 N–H and O–H groups in total. The fourth-order valence-corrected chi connectivity index (χ4v) is 3.85. The minimum atomic E-state index is -0.252. The third-order valence-corrected chi connectivity index (χ3v) is 5.63. The molecule has 2 aromatic carbocycles. The molecule has 0 saturated carbocycles. The maximum atomic E-state index is 9.68. The maximum Gasteiger partial charge on any atom is 0.0522 e. The Bertz CT molecular complexity index is 684. The summed E-state index contributed by atoms with van der Waals surface area (Å²) in [4.78, 5) is 2.35. The van der Waals surface area contributed by atoms with Gasteiger partial charge in [-0.2, -0.15) is 0 Å². The molecule has 2 aromatic rings. The smallest absolute Gasteiger partial charge is 0.0522 e. The molecule has 0 fully saturated rings. The number of aryl methyl sites for hydroxylation is 2. The molecule has 25 heavy (non-hydrogen) atoms. The van der Waals surface area contributed by atoms with Crippen LogP contribution < -0.4 is 0 Å². The predicted molar refractivity (Wildman–Crippen MR) is 107 cm³/mol. The highest BCUT2D eigenvalue weighted by atomic mass is 32.2. The average molecular weight is 359 g/mol. The van der Waals surface area contributed by atoms with Crippen LogP contribution in [0.2, 0.25) is 0 Å². The molecule has 0 aliphatic rings. The van der Waals surface area contributed by atoms with E-state index in [4.69, 9.17) is 0 Å². The number of hydrogen-bond acceptors (Lipinski definition) is 3. The normalized spacial score (nSPS) is 12.5. The largest absolute Gasteiger partial charge is 0.395 e. The molecular weight excluding hydrogens is 328 g/mol. The Morgan fingerprint density at radius 2 is 1.04 bits per heavy atom. The lowest BCUT2D eigenvalue weighted by Crippen LogP contribution is -2.22. The Hall–Kier alpha value is -1.29. The summed E-state index contributed by atoms with van der Waals surface area (Å²) in [7, 11) is 0. The van der Waals surface area contributed by atoms with Crippen LogP contribution >= 0.6 is 11.8 Å². The molecule has 0 unspecified atom stereocenters. The van der Waals surface area contributed by atoms with E-state index < -0.39 is 0 Å². The van der Waals surface area contributed by atoms with Gasteiger partial charge in [-0.3, -0.25) is 0 Å². The topological polar surface area (TPSA) is 40.5 Å². The van der Waals surface area contributed by atoms with E-state index in [0.29, 0.717) is 0 Å². The van der Waals surface area contributed by atoms with Crippen LogP contribution in [0.15, 0.2) is 46.2 Å². The monoisotopic (exact) mass is 358 g/mol. The first-order valence-corrected chi connectivity index (χ1v) is 9.53. The van der Waals surface area contributed by atoms with Gasteiger partial charge in [0.15, 0.2) is 0 Å². The van der Waals surface area contributed by atoms with Crippen LogP contribution in [0.25, 0.3) is 0 Å². The SMILES string of the molecule is Cc1cc(Sc2cc(C)cc(C(C)(C)CO)c2)cc(C(C)(C)CO)c1. The van der Waals surface area contributed by atoms with Gasteiger partial charge in [0, 0.05) is 20.6 Å². The first-order valence-electron chi connectivity index (χ1n) is 8.71. The van der Waals surface area contributed by atoms with Crippen LogP contribution in [0.3, 0.4) is 0 Å². The molecular formula is C22H30O2S. The molecule has 0 spiro atoms. The van der Waals surface area contributed by atoms with Crippen molar-refractivity contribution in [1.29, 1.82) is 0 Å². The zero-order valence-corrected chi connectivity index (χ0v) is 17.0. The first-order chi connectivity index (χ1) is 11.6. The van der Waals surface area contributed by atoms with E-state index in [1.54, 1.807) is 11.8 Å². The maximum absolute atomic E-state index is 9.68. The summed E-state index contributed by atoms with van der Waals surface area (Å²) in [5.41, 5.74) is 4.20. The van der Waals surface area contributed by atoms with E-state index in [1.807, 2.05) is 0 Å². The zero-order valence-electron chi connectivity index (χ0n) is 16.2. The molecule has 0 saturated heterocycles. The lowest BCUT2D eigenvalue weighted by molar-refractivity contribution is 0.218. The summed E-state index contributed by atoms with van der Waals surface area (Å²) < 4.78 is 0. The van der Waals surface area contributed by atoms with Crippen LogP contribution in [0, 0.1) is 13.8 Å².